The molecule has 0 bridgehead atoms. The predicted octanol–water partition coefficient (Wildman–Crippen LogP) is 4.88. The van der Waals surface area contributed by atoms with Gasteiger partial charge < -0.3 is 4.90 Å². The minimum Gasteiger partial charge on any atom is -0.339 e. The van der Waals surface area contributed by atoms with Crippen LogP contribution in [-0.4, -0.2) is 38.1 Å². The third-order valence-corrected chi connectivity index (χ3v) is 7.37. The summed E-state index contributed by atoms with van der Waals surface area (Å²) < 4.78 is 28.1. The van der Waals surface area contributed by atoms with Crippen LogP contribution >= 0.6 is 11.6 Å². The van der Waals surface area contributed by atoms with Gasteiger partial charge in [0.25, 0.3) is 15.9 Å². The molecule has 0 radical (unpaired) electrons. The van der Waals surface area contributed by atoms with Crippen LogP contribution in [0.5, 0.6) is 0 Å². The maximum absolute atomic E-state index is 13.2. The van der Waals surface area contributed by atoms with Crippen LogP contribution in [0.1, 0.15) is 33.6 Å². The van der Waals surface area contributed by atoms with E-state index in [9.17, 15) is 18.0 Å². The summed E-state index contributed by atoms with van der Waals surface area (Å²) in [7, 11) is -3.89. The second-order valence-electron chi connectivity index (χ2n) is 7.90. The Bertz CT molecular complexity index is 1250. The molecule has 1 amide bonds. The lowest BCUT2D eigenvalue weighted by Gasteiger charge is -2.32. The number of rotatable bonds is 6. The van der Waals surface area contributed by atoms with Gasteiger partial charge in [0.1, 0.15) is 0 Å². The quantitative estimate of drug-likeness (QED) is 0.508. The fourth-order valence-corrected chi connectivity index (χ4v) is 5.14. The van der Waals surface area contributed by atoms with Gasteiger partial charge in [0.2, 0.25) is 0 Å². The minimum absolute atomic E-state index is 0.0504. The van der Waals surface area contributed by atoms with E-state index in [2.05, 4.69) is 4.72 Å². The molecule has 0 saturated carbocycles. The number of carbonyl (C=O) groups is 2. The number of hydrogen-bond donors (Lipinski definition) is 1. The molecule has 1 N–H and O–H groups in total. The molecule has 0 aromatic heterocycles. The van der Waals surface area contributed by atoms with Gasteiger partial charge in [-0.1, -0.05) is 54.1 Å². The first-order valence-corrected chi connectivity index (χ1v) is 12.5. The molecule has 8 heteroatoms. The summed E-state index contributed by atoms with van der Waals surface area (Å²) in [5, 5.41) is 0.429. The smallest absolute Gasteiger partial charge is 0.261 e. The third-order valence-electron chi connectivity index (χ3n) is 5.74. The van der Waals surface area contributed by atoms with E-state index >= 15 is 0 Å². The van der Waals surface area contributed by atoms with Crippen molar-refractivity contribution in [1.29, 1.82) is 0 Å². The highest BCUT2D eigenvalue weighted by Crippen LogP contribution is 2.26. The van der Waals surface area contributed by atoms with Crippen molar-refractivity contribution in [3.05, 3.63) is 95.0 Å². The number of nitrogens with zero attached hydrogens (tertiary/aromatic N) is 1. The molecule has 33 heavy (non-hydrogen) atoms. The summed E-state index contributed by atoms with van der Waals surface area (Å²) in [6.45, 7) is 0.862. The van der Waals surface area contributed by atoms with Crippen molar-refractivity contribution < 1.29 is 18.0 Å². The Labute approximate surface area is 198 Å². The highest BCUT2D eigenvalue weighted by Gasteiger charge is 2.29. The molecule has 0 spiro atoms. The van der Waals surface area contributed by atoms with Crippen LogP contribution in [0.2, 0.25) is 5.02 Å². The number of amides is 1. The van der Waals surface area contributed by atoms with E-state index in [-0.39, 0.29) is 33.8 Å². The standard InChI is InChI=1S/C25H23ClN2O4S/c26-20-10-12-21(13-11-20)33(31,32)27-23-9-5-4-8-22(23)25(30)28-16-14-19(15-17-28)24(29)18-6-2-1-3-7-18/h1-13,19,27H,14-17H2. The van der Waals surface area contributed by atoms with Gasteiger partial charge in [-0.2, -0.15) is 0 Å². The second kappa shape index (κ2) is 9.77. The van der Waals surface area contributed by atoms with Crippen molar-refractivity contribution in [3.8, 4) is 0 Å². The number of likely N-dealkylation sites (tertiary alicyclic amines) is 1. The number of benzene rings is 3. The van der Waals surface area contributed by atoms with Crippen LogP contribution in [0, 0.1) is 5.92 Å². The zero-order valence-electron chi connectivity index (χ0n) is 17.8. The summed E-state index contributed by atoms with van der Waals surface area (Å²) in [6.07, 6.45) is 1.14. The first-order chi connectivity index (χ1) is 15.8. The molecule has 0 unspecified atom stereocenters. The fraction of sp³-hybridized carbons (Fsp3) is 0.200. The predicted molar refractivity (Wildman–Crippen MR) is 128 cm³/mol. The lowest BCUT2D eigenvalue weighted by atomic mass is 9.88. The number of para-hydroxylation sites is 1. The number of nitrogens with one attached hydrogen (secondary N) is 1. The first-order valence-electron chi connectivity index (χ1n) is 10.6. The van der Waals surface area contributed by atoms with Crippen LogP contribution in [0.4, 0.5) is 5.69 Å². The molecule has 3 aromatic rings. The number of piperidine rings is 1. The molecule has 6 nitrogen and oxygen atoms in total. The van der Waals surface area contributed by atoms with Crippen molar-refractivity contribution in [2.24, 2.45) is 5.92 Å². The molecular weight excluding hydrogens is 460 g/mol. The third kappa shape index (κ3) is 5.26. The molecule has 170 valence electrons. The van der Waals surface area contributed by atoms with Gasteiger partial charge in [-0.05, 0) is 49.2 Å². The van der Waals surface area contributed by atoms with Crippen LogP contribution in [0.3, 0.4) is 0 Å². The zero-order valence-corrected chi connectivity index (χ0v) is 19.4. The van der Waals surface area contributed by atoms with E-state index in [0.29, 0.717) is 36.5 Å². The van der Waals surface area contributed by atoms with Gasteiger partial charge in [0.15, 0.2) is 5.78 Å². The maximum Gasteiger partial charge on any atom is 0.261 e. The highest BCUT2D eigenvalue weighted by atomic mass is 35.5. The molecule has 3 aromatic carbocycles. The highest BCUT2D eigenvalue weighted by molar-refractivity contribution is 7.92. The van der Waals surface area contributed by atoms with Gasteiger partial charge >= 0.3 is 0 Å². The normalized spacial score (nSPS) is 14.6. The number of ketones is 1. The lowest BCUT2D eigenvalue weighted by Crippen LogP contribution is -2.40. The van der Waals surface area contributed by atoms with Crippen LogP contribution in [-0.2, 0) is 10.0 Å². The molecule has 1 aliphatic heterocycles. The Morgan fingerprint density at radius 3 is 2.12 bits per heavy atom. The molecule has 0 atom stereocenters. The number of anilines is 1. The Hall–Kier alpha value is -3.16. The van der Waals surface area contributed by atoms with Crippen molar-refractivity contribution >= 4 is 39.0 Å². The van der Waals surface area contributed by atoms with Gasteiger partial charge in [-0.3, -0.25) is 14.3 Å². The van der Waals surface area contributed by atoms with Gasteiger partial charge in [-0.15, -0.1) is 0 Å². The molecule has 1 aliphatic rings. The molecular formula is C25H23ClN2O4S. The van der Waals surface area contributed by atoms with Crippen LogP contribution < -0.4 is 4.72 Å². The van der Waals surface area contributed by atoms with Crippen LogP contribution in [0.25, 0.3) is 0 Å². The molecule has 1 fully saturated rings. The number of carbonyl (C=O) groups excluding carboxylic acids is 2. The van der Waals surface area contributed by atoms with E-state index in [1.54, 1.807) is 29.2 Å². The lowest BCUT2D eigenvalue weighted by molar-refractivity contribution is 0.0651. The van der Waals surface area contributed by atoms with Gasteiger partial charge in [0, 0.05) is 29.6 Å². The Balaban J connectivity index is 1.47. The zero-order chi connectivity index (χ0) is 23.4. The second-order valence-corrected chi connectivity index (χ2v) is 10.0. The van der Waals surface area contributed by atoms with E-state index in [4.69, 9.17) is 11.6 Å². The number of sulfonamides is 1. The molecule has 1 saturated heterocycles. The summed E-state index contributed by atoms with van der Waals surface area (Å²) >= 11 is 5.85. The summed E-state index contributed by atoms with van der Waals surface area (Å²) in [6, 6.07) is 21.5. The topological polar surface area (TPSA) is 83.6 Å². The number of halogens is 1. The SMILES string of the molecule is O=C(c1ccccc1)C1CCN(C(=O)c2ccccc2NS(=O)(=O)c2ccc(Cl)cc2)CC1. The van der Waals surface area contributed by atoms with Crippen LogP contribution in [0.15, 0.2) is 83.8 Å². The Morgan fingerprint density at radius 1 is 0.848 bits per heavy atom. The van der Waals surface area contributed by atoms with Crippen molar-refractivity contribution in [2.75, 3.05) is 17.8 Å². The monoisotopic (exact) mass is 482 g/mol. The Kier molecular flexibility index (Phi) is 6.81. The van der Waals surface area contributed by atoms with Crippen molar-refractivity contribution in [3.63, 3.8) is 0 Å². The fourth-order valence-electron chi connectivity index (χ4n) is 3.93. The first kappa shape index (κ1) is 23.0. The Morgan fingerprint density at radius 2 is 1.45 bits per heavy atom. The summed E-state index contributed by atoms with van der Waals surface area (Å²) in [5.74, 6) is -0.302. The van der Waals surface area contributed by atoms with E-state index in [1.807, 2.05) is 30.3 Å². The van der Waals surface area contributed by atoms with Gasteiger partial charge in [-0.25, -0.2) is 8.42 Å². The van der Waals surface area contributed by atoms with Gasteiger partial charge in [0.05, 0.1) is 16.1 Å². The number of hydrogen-bond acceptors (Lipinski definition) is 4. The minimum atomic E-state index is -3.89. The molecule has 4 rings (SSSR count). The maximum atomic E-state index is 13.2. The summed E-state index contributed by atoms with van der Waals surface area (Å²) in [5.41, 5.74) is 1.16. The molecule has 1 heterocycles. The molecule has 0 aliphatic carbocycles. The average molecular weight is 483 g/mol. The van der Waals surface area contributed by atoms with E-state index in [1.165, 1.54) is 24.3 Å². The van der Waals surface area contributed by atoms with E-state index < -0.39 is 10.0 Å². The average Bonchev–Trinajstić information content (AvgIpc) is 2.84. The van der Waals surface area contributed by atoms with Crippen molar-refractivity contribution in [1.82, 2.24) is 4.90 Å². The van der Waals surface area contributed by atoms with Crippen molar-refractivity contribution in [2.45, 2.75) is 17.7 Å². The van der Waals surface area contributed by atoms with E-state index in [0.717, 1.165) is 0 Å². The summed E-state index contributed by atoms with van der Waals surface area (Å²) in [4.78, 5) is 27.7. The number of Topliss-reactive ketones (excluding diaryl/α,β-unsaturated/α-hetero) is 1. The largest absolute Gasteiger partial charge is 0.339 e.